The number of benzene rings is 1. The van der Waals surface area contributed by atoms with E-state index in [4.69, 9.17) is 4.74 Å². The van der Waals surface area contributed by atoms with Gasteiger partial charge in [-0.15, -0.1) is 0 Å². The number of nitrogens with zero attached hydrogens (tertiary/aromatic N) is 2. The summed E-state index contributed by atoms with van der Waals surface area (Å²) in [4.78, 5) is 48.2. The van der Waals surface area contributed by atoms with Crippen molar-refractivity contribution in [2.75, 3.05) is 13.7 Å². The number of aldehydes is 1. The van der Waals surface area contributed by atoms with E-state index >= 15 is 0 Å². The number of carbonyl (C=O) groups excluding carboxylic acids is 4. The highest BCUT2D eigenvalue weighted by Gasteiger charge is 2.34. The van der Waals surface area contributed by atoms with Crippen LogP contribution in [0.15, 0.2) is 30.3 Å². The number of amides is 2. The maximum Gasteiger partial charge on any atom is 0.225 e. The van der Waals surface area contributed by atoms with Crippen molar-refractivity contribution < 1.29 is 23.9 Å². The molecule has 2 heterocycles. The fourth-order valence-electron chi connectivity index (χ4n) is 4.08. The molecule has 1 aromatic rings. The number of hydrogen-bond acceptors (Lipinski definition) is 5. The Hall–Kier alpha value is -2.70. The SMILES string of the molecule is CC.CC(C)C(=O)N1C(C)CCC1C=O.CCC(=O)N1CCCC1C(C)=O.COc1ccccc1. The molecule has 2 saturated heterocycles. The van der Waals surface area contributed by atoms with Crippen LogP contribution in [0.5, 0.6) is 5.75 Å². The molecule has 3 rings (SSSR count). The van der Waals surface area contributed by atoms with Crippen LogP contribution in [0.25, 0.3) is 0 Å². The standard InChI is InChI=1S/C10H17NO2.C9H15NO2.C7H8O.C2H6/c1-7(2)10(13)11-8(3)4-5-9(11)6-12;1-3-9(12)10-6-4-5-8(10)7(2)11;1-8-7-5-3-2-4-6-7;1-2/h6-9H,4-5H2,1-3H3;8H,3-6H2,1-2H3;2-6H,1H3;1-2H3. The summed E-state index contributed by atoms with van der Waals surface area (Å²) in [6, 6.07) is 9.60. The third-order valence-corrected chi connectivity index (χ3v) is 5.94. The van der Waals surface area contributed by atoms with Gasteiger partial charge in [0.15, 0.2) is 5.78 Å². The third kappa shape index (κ3) is 10.6. The quantitative estimate of drug-likeness (QED) is 0.547. The maximum atomic E-state index is 11.7. The monoisotopic (exact) mass is 490 g/mol. The van der Waals surface area contributed by atoms with E-state index in [1.165, 1.54) is 0 Å². The first-order valence-electron chi connectivity index (χ1n) is 12.8. The number of methoxy groups -OCH3 is 1. The second-order valence-corrected chi connectivity index (χ2v) is 8.76. The number of rotatable bonds is 5. The molecule has 0 radical (unpaired) electrons. The summed E-state index contributed by atoms with van der Waals surface area (Å²) >= 11 is 0. The molecule has 35 heavy (non-hydrogen) atoms. The van der Waals surface area contributed by atoms with Crippen LogP contribution in [-0.4, -0.2) is 65.5 Å². The van der Waals surface area contributed by atoms with Gasteiger partial charge in [-0.25, -0.2) is 0 Å². The topological polar surface area (TPSA) is 84.0 Å². The lowest BCUT2D eigenvalue weighted by atomic mass is 10.1. The molecule has 2 aliphatic heterocycles. The van der Waals surface area contributed by atoms with Gasteiger partial charge in [0.25, 0.3) is 0 Å². The molecule has 3 atom stereocenters. The van der Waals surface area contributed by atoms with Crippen molar-refractivity contribution in [3.63, 3.8) is 0 Å². The predicted molar refractivity (Wildman–Crippen MR) is 140 cm³/mol. The summed E-state index contributed by atoms with van der Waals surface area (Å²) in [5, 5.41) is 0. The molecule has 0 aromatic heterocycles. The molecule has 3 unspecified atom stereocenters. The lowest BCUT2D eigenvalue weighted by molar-refractivity contribution is -0.139. The summed E-state index contributed by atoms with van der Waals surface area (Å²) in [5.74, 6) is 1.22. The Morgan fingerprint density at radius 3 is 2.11 bits per heavy atom. The van der Waals surface area contributed by atoms with Gasteiger partial charge < -0.3 is 19.3 Å². The predicted octanol–water partition coefficient (Wildman–Crippen LogP) is 4.92. The first-order valence-corrected chi connectivity index (χ1v) is 12.8. The lowest BCUT2D eigenvalue weighted by Gasteiger charge is -2.27. The van der Waals surface area contributed by atoms with Crippen molar-refractivity contribution in [1.82, 2.24) is 9.80 Å². The lowest BCUT2D eigenvalue weighted by Crippen LogP contribution is -2.42. The number of para-hydroxylation sites is 1. The Labute approximate surface area is 212 Å². The van der Waals surface area contributed by atoms with Crippen molar-refractivity contribution in [2.45, 2.75) is 98.7 Å². The summed E-state index contributed by atoms with van der Waals surface area (Å²) in [6.45, 7) is 13.9. The average molecular weight is 491 g/mol. The molecule has 0 bridgehead atoms. The highest BCUT2D eigenvalue weighted by atomic mass is 16.5. The highest BCUT2D eigenvalue weighted by molar-refractivity contribution is 5.88. The number of ether oxygens (including phenoxy) is 1. The molecule has 198 valence electrons. The summed E-state index contributed by atoms with van der Waals surface area (Å²) < 4.78 is 4.91. The second-order valence-electron chi connectivity index (χ2n) is 8.76. The molecular weight excluding hydrogens is 444 g/mol. The molecule has 7 heteroatoms. The maximum absolute atomic E-state index is 11.7. The molecule has 7 nitrogen and oxygen atoms in total. The van der Waals surface area contributed by atoms with Crippen molar-refractivity contribution in [3.8, 4) is 5.75 Å². The Balaban J connectivity index is 0.000000489. The zero-order valence-electron chi connectivity index (χ0n) is 23.0. The number of hydrogen-bond donors (Lipinski definition) is 0. The summed E-state index contributed by atoms with van der Waals surface area (Å²) in [5.41, 5.74) is 0. The van der Waals surface area contributed by atoms with Crippen LogP contribution in [0.2, 0.25) is 0 Å². The van der Waals surface area contributed by atoms with E-state index in [2.05, 4.69) is 0 Å². The third-order valence-electron chi connectivity index (χ3n) is 5.94. The minimum Gasteiger partial charge on any atom is -0.497 e. The van der Waals surface area contributed by atoms with Gasteiger partial charge in [-0.05, 0) is 51.7 Å². The summed E-state index contributed by atoms with van der Waals surface area (Å²) in [7, 11) is 1.66. The molecule has 0 aliphatic carbocycles. The van der Waals surface area contributed by atoms with Gasteiger partial charge in [-0.2, -0.15) is 0 Å². The van der Waals surface area contributed by atoms with E-state index in [0.717, 1.165) is 44.3 Å². The molecule has 0 saturated carbocycles. The Bertz CT molecular complexity index is 766. The number of ketones is 1. The first kappa shape index (κ1) is 32.3. The zero-order valence-corrected chi connectivity index (χ0v) is 23.0. The number of likely N-dealkylation sites (tertiary alicyclic amines) is 2. The zero-order chi connectivity index (χ0) is 27.0. The van der Waals surface area contributed by atoms with Crippen molar-refractivity contribution >= 4 is 23.9 Å². The average Bonchev–Trinajstić information content (AvgIpc) is 3.52. The van der Waals surface area contributed by atoms with E-state index < -0.39 is 0 Å². The fourth-order valence-corrected chi connectivity index (χ4v) is 4.08. The molecule has 2 fully saturated rings. The molecular formula is C28H46N2O5. The Morgan fingerprint density at radius 1 is 1.09 bits per heavy atom. The van der Waals surface area contributed by atoms with Gasteiger partial charge in [0.1, 0.15) is 12.0 Å². The van der Waals surface area contributed by atoms with Crippen LogP contribution in [0.1, 0.15) is 80.6 Å². The van der Waals surface area contributed by atoms with Gasteiger partial charge in [0.2, 0.25) is 11.8 Å². The van der Waals surface area contributed by atoms with Crippen LogP contribution in [-0.2, 0) is 19.2 Å². The van der Waals surface area contributed by atoms with Gasteiger partial charge >= 0.3 is 0 Å². The smallest absolute Gasteiger partial charge is 0.225 e. The van der Waals surface area contributed by atoms with Gasteiger partial charge in [-0.3, -0.25) is 14.4 Å². The van der Waals surface area contributed by atoms with Crippen LogP contribution in [0.3, 0.4) is 0 Å². The molecule has 0 spiro atoms. The van der Waals surface area contributed by atoms with E-state index in [0.29, 0.717) is 6.42 Å². The van der Waals surface area contributed by atoms with E-state index in [-0.39, 0.29) is 41.6 Å². The Kier molecular flexibility index (Phi) is 16.3. The van der Waals surface area contributed by atoms with Crippen LogP contribution < -0.4 is 4.74 Å². The van der Waals surface area contributed by atoms with Gasteiger partial charge in [0, 0.05) is 24.9 Å². The minimum atomic E-state index is -0.176. The van der Waals surface area contributed by atoms with E-state index in [1.807, 2.05) is 71.9 Å². The largest absolute Gasteiger partial charge is 0.497 e. The fraction of sp³-hybridized carbons (Fsp3) is 0.643. The minimum absolute atomic E-state index is 0.0111. The normalized spacial score (nSPS) is 20.4. The van der Waals surface area contributed by atoms with Crippen molar-refractivity contribution in [3.05, 3.63) is 30.3 Å². The van der Waals surface area contributed by atoms with Crippen molar-refractivity contribution in [1.29, 1.82) is 0 Å². The highest BCUT2D eigenvalue weighted by Crippen LogP contribution is 2.24. The van der Waals surface area contributed by atoms with Crippen LogP contribution in [0.4, 0.5) is 0 Å². The van der Waals surface area contributed by atoms with Gasteiger partial charge in [-0.1, -0.05) is 52.8 Å². The molecule has 0 N–H and O–H groups in total. The number of Topliss-reactive ketones (excluding diaryl/α,β-unsaturated/α-hetero) is 1. The van der Waals surface area contributed by atoms with Crippen LogP contribution >= 0.6 is 0 Å². The molecule has 2 aliphatic rings. The summed E-state index contributed by atoms with van der Waals surface area (Å²) in [6.07, 6.45) is 4.98. The van der Waals surface area contributed by atoms with Gasteiger partial charge in [0.05, 0.1) is 19.2 Å². The van der Waals surface area contributed by atoms with Crippen molar-refractivity contribution in [2.24, 2.45) is 5.92 Å². The first-order chi connectivity index (χ1) is 16.7. The van der Waals surface area contributed by atoms with Crippen LogP contribution in [0, 0.1) is 5.92 Å². The number of carbonyl (C=O) groups is 4. The van der Waals surface area contributed by atoms with E-state index in [1.54, 1.807) is 23.8 Å². The second kappa shape index (κ2) is 17.7. The molecule has 1 aromatic carbocycles. The van der Waals surface area contributed by atoms with E-state index in [9.17, 15) is 19.2 Å². The molecule has 2 amide bonds. The Morgan fingerprint density at radius 2 is 1.69 bits per heavy atom.